The molecule has 0 aromatic heterocycles. The highest BCUT2D eigenvalue weighted by Gasteiger charge is 2.29. The minimum atomic E-state index is 0.0335. The highest BCUT2D eigenvalue weighted by Crippen LogP contribution is 2.17. The van der Waals surface area contributed by atoms with Crippen molar-refractivity contribution >= 4 is 11.8 Å². The van der Waals surface area contributed by atoms with Crippen molar-refractivity contribution in [3.8, 4) is 0 Å². The molecule has 0 saturated carbocycles. The second-order valence-corrected chi connectivity index (χ2v) is 7.96. The third-order valence-corrected chi connectivity index (χ3v) is 5.44. The van der Waals surface area contributed by atoms with Gasteiger partial charge < -0.3 is 14.5 Å². The molecule has 2 saturated heterocycles. The van der Waals surface area contributed by atoms with Gasteiger partial charge in [0.15, 0.2) is 0 Å². The predicted molar refractivity (Wildman–Crippen MR) is 104 cm³/mol. The molecule has 0 bridgehead atoms. The van der Waals surface area contributed by atoms with E-state index in [-0.39, 0.29) is 30.1 Å². The maximum absolute atomic E-state index is 12.9. The number of hydrogen-bond acceptors (Lipinski definition) is 4. The van der Waals surface area contributed by atoms with Gasteiger partial charge in [-0.1, -0.05) is 12.1 Å². The van der Waals surface area contributed by atoms with E-state index in [1.165, 1.54) is 5.56 Å². The molecule has 3 rings (SSSR count). The number of morpholine rings is 1. The topological polar surface area (TPSA) is 53.1 Å². The highest BCUT2D eigenvalue weighted by molar-refractivity contribution is 5.94. The summed E-state index contributed by atoms with van der Waals surface area (Å²) in [7, 11) is 0. The SMILES string of the molecule is CC(=O)N1CCN(C(=O)c2ccc(CN3C[C@H](C)O[C@@H](C)C3)cc2)[C@@H](C)C1. The molecular formula is C21H31N3O3. The minimum absolute atomic E-state index is 0.0335. The van der Waals surface area contributed by atoms with E-state index in [1.807, 2.05) is 28.9 Å². The van der Waals surface area contributed by atoms with Gasteiger partial charge in [0.25, 0.3) is 5.91 Å². The zero-order valence-corrected chi connectivity index (χ0v) is 16.9. The summed E-state index contributed by atoms with van der Waals surface area (Å²) in [6.07, 6.45) is 0.509. The summed E-state index contributed by atoms with van der Waals surface area (Å²) in [6, 6.07) is 7.98. The Bertz CT molecular complexity index is 666. The van der Waals surface area contributed by atoms with Crippen molar-refractivity contribution in [2.24, 2.45) is 0 Å². The molecule has 0 unspecified atom stereocenters. The van der Waals surface area contributed by atoms with Crippen molar-refractivity contribution in [1.29, 1.82) is 0 Å². The van der Waals surface area contributed by atoms with Crippen LogP contribution in [-0.2, 0) is 16.1 Å². The lowest BCUT2D eigenvalue weighted by Gasteiger charge is -2.39. The maximum Gasteiger partial charge on any atom is 0.254 e. The molecule has 0 N–H and O–H groups in total. The van der Waals surface area contributed by atoms with Crippen LogP contribution in [0.3, 0.4) is 0 Å². The van der Waals surface area contributed by atoms with Gasteiger partial charge in [-0.2, -0.15) is 0 Å². The van der Waals surface area contributed by atoms with E-state index in [1.54, 1.807) is 6.92 Å². The number of nitrogens with zero attached hydrogens (tertiary/aromatic N) is 3. The average Bonchev–Trinajstić information content (AvgIpc) is 2.60. The largest absolute Gasteiger partial charge is 0.373 e. The van der Waals surface area contributed by atoms with E-state index in [0.717, 1.165) is 19.6 Å². The van der Waals surface area contributed by atoms with Gasteiger partial charge in [-0.05, 0) is 38.5 Å². The van der Waals surface area contributed by atoms with E-state index >= 15 is 0 Å². The number of carbonyl (C=O) groups excluding carboxylic acids is 2. The number of carbonyl (C=O) groups is 2. The second kappa shape index (κ2) is 8.40. The number of amides is 2. The molecular weight excluding hydrogens is 342 g/mol. The Morgan fingerprint density at radius 1 is 1.00 bits per heavy atom. The zero-order chi connectivity index (χ0) is 19.6. The van der Waals surface area contributed by atoms with Crippen molar-refractivity contribution in [3.05, 3.63) is 35.4 Å². The Kier molecular flexibility index (Phi) is 6.17. The molecule has 2 fully saturated rings. The minimum Gasteiger partial charge on any atom is -0.373 e. The predicted octanol–water partition coefficient (Wildman–Crippen LogP) is 1.99. The van der Waals surface area contributed by atoms with Crippen LogP contribution < -0.4 is 0 Å². The van der Waals surface area contributed by atoms with Gasteiger partial charge in [-0.15, -0.1) is 0 Å². The summed E-state index contributed by atoms with van der Waals surface area (Å²) in [5.74, 6) is 0.121. The van der Waals surface area contributed by atoms with Gasteiger partial charge in [-0.25, -0.2) is 0 Å². The third kappa shape index (κ3) is 4.87. The lowest BCUT2D eigenvalue weighted by Crippen LogP contribution is -2.55. The number of rotatable bonds is 3. The van der Waals surface area contributed by atoms with Crippen LogP contribution >= 0.6 is 0 Å². The van der Waals surface area contributed by atoms with Crippen LogP contribution in [0.2, 0.25) is 0 Å². The van der Waals surface area contributed by atoms with Crippen molar-refractivity contribution in [1.82, 2.24) is 14.7 Å². The first-order valence-corrected chi connectivity index (χ1v) is 9.86. The fraction of sp³-hybridized carbons (Fsp3) is 0.619. The first-order chi connectivity index (χ1) is 12.8. The fourth-order valence-corrected chi connectivity index (χ4v) is 4.14. The summed E-state index contributed by atoms with van der Waals surface area (Å²) < 4.78 is 5.79. The molecule has 1 aromatic rings. The Labute approximate surface area is 162 Å². The molecule has 148 valence electrons. The van der Waals surface area contributed by atoms with Crippen molar-refractivity contribution in [2.45, 2.75) is 52.5 Å². The van der Waals surface area contributed by atoms with Gasteiger partial charge in [0.05, 0.1) is 12.2 Å². The molecule has 2 heterocycles. The molecule has 6 nitrogen and oxygen atoms in total. The summed E-state index contributed by atoms with van der Waals surface area (Å²) in [5.41, 5.74) is 1.92. The molecule has 0 radical (unpaired) electrons. The molecule has 6 heteroatoms. The Morgan fingerprint density at radius 2 is 1.63 bits per heavy atom. The van der Waals surface area contributed by atoms with Gasteiger partial charge in [0.2, 0.25) is 5.91 Å². The van der Waals surface area contributed by atoms with Gasteiger partial charge >= 0.3 is 0 Å². The van der Waals surface area contributed by atoms with E-state index in [4.69, 9.17) is 4.74 Å². The van der Waals surface area contributed by atoms with Crippen LogP contribution in [0.1, 0.15) is 43.6 Å². The van der Waals surface area contributed by atoms with E-state index in [9.17, 15) is 9.59 Å². The first kappa shape index (κ1) is 19.8. The molecule has 3 atom stereocenters. The highest BCUT2D eigenvalue weighted by atomic mass is 16.5. The molecule has 1 aromatic carbocycles. The van der Waals surface area contributed by atoms with Crippen LogP contribution in [-0.4, -0.2) is 77.5 Å². The van der Waals surface area contributed by atoms with Gasteiger partial charge in [0.1, 0.15) is 0 Å². The zero-order valence-electron chi connectivity index (χ0n) is 16.9. The molecule has 0 spiro atoms. The Balaban J connectivity index is 1.60. The van der Waals surface area contributed by atoms with E-state index < -0.39 is 0 Å². The third-order valence-electron chi connectivity index (χ3n) is 5.44. The lowest BCUT2D eigenvalue weighted by molar-refractivity contribution is -0.131. The second-order valence-electron chi connectivity index (χ2n) is 7.96. The van der Waals surface area contributed by atoms with Crippen LogP contribution in [0.25, 0.3) is 0 Å². The smallest absolute Gasteiger partial charge is 0.254 e. The maximum atomic E-state index is 12.9. The van der Waals surface area contributed by atoms with Crippen LogP contribution in [0.15, 0.2) is 24.3 Å². The summed E-state index contributed by atoms with van der Waals surface area (Å²) in [5, 5.41) is 0. The fourth-order valence-electron chi connectivity index (χ4n) is 4.14. The first-order valence-electron chi connectivity index (χ1n) is 9.86. The number of ether oxygens (including phenoxy) is 1. The normalized spacial score (nSPS) is 26.9. The van der Waals surface area contributed by atoms with Crippen LogP contribution in [0.5, 0.6) is 0 Å². The number of piperazine rings is 1. The summed E-state index contributed by atoms with van der Waals surface area (Å²) in [6.45, 7) is 12.3. The molecule has 27 heavy (non-hydrogen) atoms. The van der Waals surface area contributed by atoms with Crippen molar-refractivity contribution < 1.29 is 14.3 Å². The van der Waals surface area contributed by atoms with Crippen molar-refractivity contribution in [2.75, 3.05) is 32.7 Å². The lowest BCUT2D eigenvalue weighted by atomic mass is 10.1. The Morgan fingerprint density at radius 3 is 2.19 bits per heavy atom. The van der Waals surface area contributed by atoms with E-state index in [0.29, 0.717) is 25.2 Å². The van der Waals surface area contributed by atoms with Crippen LogP contribution in [0, 0.1) is 0 Å². The quantitative estimate of drug-likeness (QED) is 0.813. The van der Waals surface area contributed by atoms with Crippen LogP contribution in [0.4, 0.5) is 0 Å². The molecule has 2 amide bonds. The average molecular weight is 373 g/mol. The van der Waals surface area contributed by atoms with Gasteiger partial charge in [-0.3, -0.25) is 14.5 Å². The van der Waals surface area contributed by atoms with E-state index in [2.05, 4.69) is 30.9 Å². The standard InChI is InChI=1S/C21H31N3O3/c1-15-11-23(18(4)25)9-10-24(15)21(26)20-7-5-19(6-8-20)14-22-12-16(2)27-17(3)13-22/h5-8,15-17H,9-14H2,1-4H3/t15-,16-,17-/m0/s1. The molecule has 0 aliphatic carbocycles. The van der Waals surface area contributed by atoms with Gasteiger partial charge in [0, 0.05) is 57.8 Å². The molecule has 2 aliphatic heterocycles. The summed E-state index contributed by atoms with van der Waals surface area (Å²) in [4.78, 5) is 30.5. The summed E-state index contributed by atoms with van der Waals surface area (Å²) >= 11 is 0. The Hall–Kier alpha value is -1.92. The number of hydrogen-bond donors (Lipinski definition) is 0. The number of benzene rings is 1. The van der Waals surface area contributed by atoms with Crippen molar-refractivity contribution in [3.63, 3.8) is 0 Å². The monoisotopic (exact) mass is 373 g/mol. The molecule has 2 aliphatic rings.